The number of aliphatic carboxylic acids is 1. The van der Waals surface area contributed by atoms with Crippen molar-refractivity contribution >= 4 is 11.9 Å². The second kappa shape index (κ2) is 7.08. The highest BCUT2D eigenvalue weighted by Crippen LogP contribution is 2.15. The van der Waals surface area contributed by atoms with Gasteiger partial charge in [-0.05, 0) is 30.9 Å². The molecule has 0 aliphatic carbocycles. The molecule has 0 spiro atoms. The van der Waals surface area contributed by atoms with Gasteiger partial charge in [-0.1, -0.05) is 30.7 Å². The Balaban J connectivity index is 2.59. The van der Waals surface area contributed by atoms with Crippen molar-refractivity contribution in [2.75, 3.05) is 7.05 Å². The summed E-state index contributed by atoms with van der Waals surface area (Å²) in [5.74, 6) is -1.01. The van der Waals surface area contributed by atoms with Crippen LogP contribution >= 0.6 is 0 Å². The largest absolute Gasteiger partial charge is 0.481 e. The molecule has 1 atom stereocenters. The molecule has 1 amide bonds. The quantitative estimate of drug-likeness (QED) is 0.869. The number of amides is 1. The number of carboxylic acid groups (broad SMARTS) is 1. The van der Waals surface area contributed by atoms with Crippen molar-refractivity contribution in [1.29, 1.82) is 0 Å². The van der Waals surface area contributed by atoms with Crippen molar-refractivity contribution < 1.29 is 14.7 Å². The summed E-state index contributed by atoms with van der Waals surface area (Å²) in [5.41, 5.74) is 3.50. The monoisotopic (exact) mass is 277 g/mol. The summed E-state index contributed by atoms with van der Waals surface area (Å²) in [6.07, 6.45) is 0.302. The second-order valence-electron chi connectivity index (χ2n) is 5.59. The molecule has 0 aliphatic heterocycles. The number of hydrogen-bond donors (Lipinski definition) is 1. The van der Waals surface area contributed by atoms with Crippen LogP contribution in [0, 0.1) is 19.8 Å². The van der Waals surface area contributed by atoms with Gasteiger partial charge in [-0.25, -0.2) is 0 Å². The summed E-state index contributed by atoms with van der Waals surface area (Å²) >= 11 is 0. The molecule has 0 aromatic heterocycles. The maximum atomic E-state index is 12.1. The lowest BCUT2D eigenvalue weighted by atomic mass is 10.0. The van der Waals surface area contributed by atoms with Crippen LogP contribution < -0.4 is 0 Å². The lowest BCUT2D eigenvalue weighted by Gasteiger charge is -2.20. The summed E-state index contributed by atoms with van der Waals surface area (Å²) in [4.78, 5) is 24.3. The zero-order chi connectivity index (χ0) is 15.3. The van der Waals surface area contributed by atoms with Crippen LogP contribution in [0.4, 0.5) is 0 Å². The maximum absolute atomic E-state index is 12.1. The molecule has 0 radical (unpaired) electrons. The highest BCUT2D eigenvalue weighted by Gasteiger charge is 2.16. The minimum absolute atomic E-state index is 0.0151. The van der Waals surface area contributed by atoms with Crippen molar-refractivity contribution in [2.45, 2.75) is 40.2 Å². The first-order valence-corrected chi connectivity index (χ1v) is 6.81. The molecule has 1 N–H and O–H groups in total. The van der Waals surface area contributed by atoms with Gasteiger partial charge in [0.1, 0.15) is 0 Å². The van der Waals surface area contributed by atoms with E-state index in [4.69, 9.17) is 5.11 Å². The Hall–Kier alpha value is -1.84. The fourth-order valence-electron chi connectivity index (χ4n) is 2.19. The molecule has 1 rings (SSSR count). The van der Waals surface area contributed by atoms with Crippen molar-refractivity contribution in [3.63, 3.8) is 0 Å². The topological polar surface area (TPSA) is 57.6 Å². The Bertz CT molecular complexity index is 496. The fourth-order valence-corrected chi connectivity index (χ4v) is 2.19. The van der Waals surface area contributed by atoms with Gasteiger partial charge in [-0.15, -0.1) is 0 Å². The Morgan fingerprint density at radius 1 is 1.25 bits per heavy atom. The number of carbonyl (C=O) groups excluding carboxylic acids is 1. The summed E-state index contributed by atoms with van der Waals surface area (Å²) < 4.78 is 0. The molecule has 0 saturated carbocycles. The third-order valence-corrected chi connectivity index (χ3v) is 3.38. The summed E-state index contributed by atoms with van der Waals surface area (Å²) in [6.45, 7) is 6.43. The van der Waals surface area contributed by atoms with Crippen LogP contribution in [0.15, 0.2) is 18.2 Å². The van der Waals surface area contributed by atoms with E-state index in [0.717, 1.165) is 5.56 Å². The lowest BCUT2D eigenvalue weighted by molar-refractivity contribution is -0.138. The zero-order valence-corrected chi connectivity index (χ0v) is 12.6. The van der Waals surface area contributed by atoms with Gasteiger partial charge in [0.25, 0.3) is 0 Å². The van der Waals surface area contributed by atoms with Crippen LogP contribution in [0.2, 0.25) is 0 Å². The molecule has 1 aromatic carbocycles. The van der Waals surface area contributed by atoms with Gasteiger partial charge in [0.15, 0.2) is 0 Å². The maximum Gasteiger partial charge on any atom is 0.303 e. The predicted molar refractivity (Wildman–Crippen MR) is 78.4 cm³/mol. The van der Waals surface area contributed by atoms with Gasteiger partial charge in [0.2, 0.25) is 5.91 Å². The highest BCUT2D eigenvalue weighted by atomic mass is 16.4. The molecule has 1 aromatic rings. The average Bonchev–Trinajstić information content (AvgIpc) is 2.31. The smallest absolute Gasteiger partial charge is 0.303 e. The Kier molecular flexibility index (Phi) is 5.74. The third-order valence-electron chi connectivity index (χ3n) is 3.38. The van der Waals surface area contributed by atoms with Crippen LogP contribution in [0.25, 0.3) is 0 Å². The van der Waals surface area contributed by atoms with Gasteiger partial charge in [-0.3, -0.25) is 9.59 Å². The molecule has 0 aliphatic rings. The van der Waals surface area contributed by atoms with Crippen LogP contribution in [-0.4, -0.2) is 28.9 Å². The Morgan fingerprint density at radius 3 is 2.45 bits per heavy atom. The molecular formula is C16H23NO3. The number of nitrogens with zero attached hydrogens (tertiary/aromatic N) is 1. The van der Waals surface area contributed by atoms with Crippen LogP contribution in [0.1, 0.15) is 36.5 Å². The molecule has 110 valence electrons. The third kappa shape index (κ3) is 5.03. The number of carbonyl (C=O) groups is 2. The van der Waals surface area contributed by atoms with Crippen molar-refractivity contribution in [2.24, 2.45) is 5.92 Å². The molecule has 0 heterocycles. The number of hydrogen-bond acceptors (Lipinski definition) is 2. The highest BCUT2D eigenvalue weighted by molar-refractivity contribution is 5.77. The molecule has 4 nitrogen and oxygen atoms in total. The van der Waals surface area contributed by atoms with E-state index >= 15 is 0 Å². The number of carboxylic acids is 1. The summed E-state index contributed by atoms with van der Waals surface area (Å²) in [5, 5.41) is 8.71. The van der Waals surface area contributed by atoms with E-state index in [9.17, 15) is 9.59 Å². The fraction of sp³-hybridized carbons (Fsp3) is 0.500. The second-order valence-corrected chi connectivity index (χ2v) is 5.59. The van der Waals surface area contributed by atoms with E-state index < -0.39 is 5.97 Å². The molecule has 1 unspecified atom stereocenters. The van der Waals surface area contributed by atoms with E-state index in [1.54, 1.807) is 18.9 Å². The predicted octanol–water partition coefficient (Wildman–Crippen LogP) is 2.76. The van der Waals surface area contributed by atoms with E-state index in [1.165, 1.54) is 11.1 Å². The first-order chi connectivity index (χ1) is 9.29. The molecule has 4 heteroatoms. The van der Waals surface area contributed by atoms with E-state index in [0.29, 0.717) is 6.54 Å². The molecule has 20 heavy (non-hydrogen) atoms. The summed E-state index contributed by atoms with van der Waals surface area (Å²) in [6, 6.07) is 6.17. The Morgan fingerprint density at radius 2 is 1.90 bits per heavy atom. The molecule has 0 bridgehead atoms. The van der Waals surface area contributed by atoms with Crippen molar-refractivity contribution in [1.82, 2.24) is 4.90 Å². The lowest BCUT2D eigenvalue weighted by Crippen LogP contribution is -2.28. The first kappa shape index (κ1) is 16.2. The van der Waals surface area contributed by atoms with E-state index in [1.807, 2.05) is 26.0 Å². The van der Waals surface area contributed by atoms with E-state index in [-0.39, 0.29) is 24.7 Å². The minimum atomic E-state index is -0.859. The van der Waals surface area contributed by atoms with Gasteiger partial charge in [0, 0.05) is 26.4 Å². The molecule has 0 fully saturated rings. The number of rotatable bonds is 6. The summed E-state index contributed by atoms with van der Waals surface area (Å²) in [7, 11) is 1.76. The van der Waals surface area contributed by atoms with Crippen LogP contribution in [0.3, 0.4) is 0 Å². The first-order valence-electron chi connectivity index (χ1n) is 6.81. The molecule has 0 saturated heterocycles. The SMILES string of the molecule is Cc1ccc(CN(C)C(=O)CC(C)CC(=O)O)c(C)c1. The van der Waals surface area contributed by atoms with Gasteiger partial charge >= 0.3 is 5.97 Å². The molecular weight excluding hydrogens is 254 g/mol. The van der Waals surface area contributed by atoms with Gasteiger partial charge < -0.3 is 10.0 Å². The van der Waals surface area contributed by atoms with Crippen LogP contribution in [-0.2, 0) is 16.1 Å². The Labute approximate surface area is 120 Å². The average molecular weight is 277 g/mol. The zero-order valence-electron chi connectivity index (χ0n) is 12.6. The van der Waals surface area contributed by atoms with Crippen LogP contribution in [0.5, 0.6) is 0 Å². The normalized spacial score (nSPS) is 12.0. The van der Waals surface area contributed by atoms with Gasteiger partial charge in [0.05, 0.1) is 0 Å². The van der Waals surface area contributed by atoms with Crippen molar-refractivity contribution in [3.8, 4) is 0 Å². The number of aryl methyl sites for hydroxylation is 2. The van der Waals surface area contributed by atoms with Crippen molar-refractivity contribution in [3.05, 3.63) is 34.9 Å². The minimum Gasteiger partial charge on any atom is -0.481 e. The number of benzene rings is 1. The van der Waals surface area contributed by atoms with Gasteiger partial charge in [-0.2, -0.15) is 0 Å². The standard InChI is InChI=1S/C16H23NO3/c1-11-5-6-14(13(3)7-11)10-17(4)15(18)8-12(2)9-16(19)20/h5-7,12H,8-10H2,1-4H3,(H,19,20). The van der Waals surface area contributed by atoms with E-state index in [2.05, 4.69) is 6.07 Å².